The zero-order valence-corrected chi connectivity index (χ0v) is 19.1. The Morgan fingerprint density at radius 2 is 1.85 bits per heavy atom. The third kappa shape index (κ3) is 4.84. The van der Waals surface area contributed by atoms with Crippen molar-refractivity contribution in [3.63, 3.8) is 0 Å². The molecule has 0 saturated heterocycles. The van der Waals surface area contributed by atoms with Gasteiger partial charge < -0.3 is 19.9 Å². The molecule has 2 aromatic carbocycles. The topological polar surface area (TPSA) is 112 Å². The van der Waals surface area contributed by atoms with Crippen molar-refractivity contribution in [3.05, 3.63) is 71.9 Å². The molecule has 0 bridgehead atoms. The van der Waals surface area contributed by atoms with Crippen LogP contribution in [0.3, 0.4) is 0 Å². The van der Waals surface area contributed by atoms with Gasteiger partial charge in [0, 0.05) is 11.6 Å². The molecule has 9 heteroatoms. The minimum atomic E-state index is -1.46. The highest BCUT2D eigenvalue weighted by Gasteiger charge is 2.46. The van der Waals surface area contributed by atoms with Crippen molar-refractivity contribution in [1.29, 1.82) is 0 Å². The number of halogens is 1. The maximum Gasteiger partial charge on any atom is 0.398 e. The molecule has 34 heavy (non-hydrogen) atoms. The van der Waals surface area contributed by atoms with Crippen LogP contribution < -0.4 is 5.73 Å². The van der Waals surface area contributed by atoms with Gasteiger partial charge >= 0.3 is 11.9 Å². The summed E-state index contributed by atoms with van der Waals surface area (Å²) in [6.07, 6.45) is 1.62. The molecular weight excluding hydrogens is 439 g/mol. The Hall–Kier alpha value is -3.59. The number of primary amides is 1. The molecular formula is C25H27FN4O4. The van der Waals surface area contributed by atoms with E-state index in [9.17, 15) is 14.0 Å². The van der Waals surface area contributed by atoms with E-state index in [2.05, 4.69) is 10.1 Å². The fraction of sp³-hybridized carbons (Fsp3) is 0.360. The highest BCUT2D eigenvalue weighted by Crippen LogP contribution is 2.42. The lowest BCUT2D eigenvalue weighted by Crippen LogP contribution is -2.51. The minimum absolute atomic E-state index is 0.0540. The van der Waals surface area contributed by atoms with Crippen LogP contribution in [-0.2, 0) is 9.53 Å². The van der Waals surface area contributed by atoms with Crippen molar-refractivity contribution < 1.29 is 23.2 Å². The summed E-state index contributed by atoms with van der Waals surface area (Å²) in [4.78, 5) is 31.3. The Morgan fingerprint density at radius 3 is 2.47 bits per heavy atom. The molecule has 0 radical (unpaired) electrons. The predicted molar refractivity (Wildman–Crippen MR) is 122 cm³/mol. The fourth-order valence-electron chi connectivity index (χ4n) is 4.74. The first-order chi connectivity index (χ1) is 16.3. The molecule has 8 nitrogen and oxygen atoms in total. The number of ether oxygens (including phenoxy) is 1. The number of hydrogen-bond donors (Lipinski definition) is 1. The molecule has 1 aromatic heterocycles. The van der Waals surface area contributed by atoms with Gasteiger partial charge in [-0.1, -0.05) is 47.6 Å². The number of carbonyl (C=O) groups excluding carboxylic acids is 2. The van der Waals surface area contributed by atoms with Gasteiger partial charge in [0.1, 0.15) is 5.82 Å². The zero-order valence-electron chi connectivity index (χ0n) is 19.1. The largest absolute Gasteiger partial charge is 0.442 e. The zero-order chi connectivity index (χ0) is 24.3. The van der Waals surface area contributed by atoms with Crippen LogP contribution in [0.25, 0.3) is 11.4 Å². The number of aromatic nitrogens is 2. The first-order valence-corrected chi connectivity index (χ1v) is 11.1. The van der Waals surface area contributed by atoms with Gasteiger partial charge in [-0.2, -0.15) is 4.98 Å². The van der Waals surface area contributed by atoms with Crippen LogP contribution in [0.5, 0.6) is 0 Å². The van der Waals surface area contributed by atoms with E-state index in [1.165, 1.54) is 12.1 Å². The quantitative estimate of drug-likeness (QED) is 0.528. The van der Waals surface area contributed by atoms with Gasteiger partial charge in [-0.25, -0.2) is 9.18 Å². The van der Waals surface area contributed by atoms with E-state index in [0.29, 0.717) is 18.4 Å². The molecule has 1 heterocycles. The Balaban J connectivity index is 1.48. The number of carbonyl (C=O) groups is 2. The van der Waals surface area contributed by atoms with E-state index in [-0.39, 0.29) is 42.3 Å². The van der Waals surface area contributed by atoms with Crippen molar-refractivity contribution in [2.45, 2.75) is 37.3 Å². The van der Waals surface area contributed by atoms with Crippen LogP contribution in [0.1, 0.15) is 48.0 Å². The Bertz CT molecular complexity index is 1160. The summed E-state index contributed by atoms with van der Waals surface area (Å²) in [6, 6.07) is 15.5. The molecule has 1 saturated carbocycles. The van der Waals surface area contributed by atoms with Gasteiger partial charge in [-0.15, -0.1) is 0 Å². The number of hydrogen-bond acceptors (Lipinski definition) is 7. The van der Waals surface area contributed by atoms with Gasteiger partial charge in [-0.3, -0.25) is 4.79 Å². The summed E-state index contributed by atoms with van der Waals surface area (Å²) < 4.78 is 24.5. The molecule has 4 rings (SSSR count). The second-order valence-corrected chi connectivity index (χ2v) is 8.84. The second-order valence-electron chi connectivity index (χ2n) is 8.84. The maximum atomic E-state index is 13.8. The molecule has 1 atom stereocenters. The van der Waals surface area contributed by atoms with Gasteiger partial charge in [0.25, 0.3) is 5.91 Å². The summed E-state index contributed by atoms with van der Waals surface area (Å²) >= 11 is 0. The van der Waals surface area contributed by atoms with Crippen LogP contribution in [0, 0.1) is 11.7 Å². The van der Waals surface area contributed by atoms with Crippen LogP contribution >= 0.6 is 0 Å². The Kier molecular flexibility index (Phi) is 6.74. The van der Waals surface area contributed by atoms with E-state index >= 15 is 0 Å². The lowest BCUT2D eigenvalue weighted by molar-refractivity contribution is -0.142. The van der Waals surface area contributed by atoms with Crippen LogP contribution in [-0.4, -0.2) is 46.6 Å². The third-order valence-electron chi connectivity index (χ3n) is 6.40. The smallest absolute Gasteiger partial charge is 0.398 e. The summed E-state index contributed by atoms with van der Waals surface area (Å²) in [5, 5.41) is 3.82. The molecule has 3 aromatic rings. The number of nitrogens with two attached hydrogens (primary N) is 1. The number of benzene rings is 2. The van der Waals surface area contributed by atoms with Crippen molar-refractivity contribution in [1.82, 2.24) is 15.0 Å². The molecule has 1 amide bonds. The van der Waals surface area contributed by atoms with Crippen molar-refractivity contribution >= 4 is 11.9 Å². The van der Waals surface area contributed by atoms with E-state index in [0.717, 1.165) is 5.56 Å². The molecule has 1 aliphatic rings. The first kappa shape index (κ1) is 23.6. The molecule has 0 spiro atoms. The summed E-state index contributed by atoms with van der Waals surface area (Å²) in [5.41, 5.74) is 5.77. The number of rotatable bonds is 7. The number of nitrogens with zero attached hydrogens (tertiary/aromatic N) is 3. The van der Waals surface area contributed by atoms with E-state index in [4.69, 9.17) is 15.0 Å². The fourth-order valence-corrected chi connectivity index (χ4v) is 4.74. The maximum absolute atomic E-state index is 13.8. The van der Waals surface area contributed by atoms with Crippen molar-refractivity contribution in [3.8, 4) is 11.4 Å². The van der Waals surface area contributed by atoms with Gasteiger partial charge in [-0.05, 0) is 63.4 Å². The third-order valence-corrected chi connectivity index (χ3v) is 6.40. The number of amides is 1. The SMILES string of the molecule is CN(C)C(c1cccc(F)c1)C1CCC(OC(=O)c2nc(-c3ccccc3)no2)(C(N)=O)CC1. The normalized spacial score (nSPS) is 21.2. The highest BCUT2D eigenvalue weighted by molar-refractivity contribution is 5.91. The van der Waals surface area contributed by atoms with Crippen molar-refractivity contribution in [2.24, 2.45) is 11.7 Å². The number of esters is 1. The van der Waals surface area contributed by atoms with E-state index in [1.54, 1.807) is 18.2 Å². The van der Waals surface area contributed by atoms with Gasteiger partial charge in [0.2, 0.25) is 5.82 Å². The van der Waals surface area contributed by atoms with Crippen LogP contribution in [0.15, 0.2) is 59.1 Å². The lowest BCUT2D eigenvalue weighted by Gasteiger charge is -2.41. The van der Waals surface area contributed by atoms with E-state index < -0.39 is 17.5 Å². The molecule has 178 valence electrons. The molecule has 2 N–H and O–H groups in total. The Labute approximate surface area is 196 Å². The monoisotopic (exact) mass is 466 g/mol. The Morgan fingerprint density at radius 1 is 1.15 bits per heavy atom. The lowest BCUT2D eigenvalue weighted by atomic mass is 9.73. The standard InChI is InChI=1S/C25H27FN4O4/c1-30(2)20(18-9-6-10-19(26)15-18)16-11-13-25(14-12-16,24(27)32)33-23(31)22-28-21(29-34-22)17-7-4-3-5-8-17/h3-10,15-16,20H,11-14H2,1-2H3,(H2,27,32). The highest BCUT2D eigenvalue weighted by atomic mass is 19.1. The minimum Gasteiger partial charge on any atom is -0.442 e. The van der Waals surface area contributed by atoms with E-state index in [1.807, 2.05) is 43.3 Å². The molecule has 1 fully saturated rings. The first-order valence-electron chi connectivity index (χ1n) is 11.1. The van der Waals surface area contributed by atoms with Gasteiger partial charge in [0.15, 0.2) is 5.60 Å². The van der Waals surface area contributed by atoms with Crippen molar-refractivity contribution in [2.75, 3.05) is 14.1 Å². The summed E-state index contributed by atoms with van der Waals surface area (Å²) in [7, 11) is 3.87. The molecule has 1 unspecified atom stereocenters. The van der Waals surface area contributed by atoms with Crippen LogP contribution in [0.2, 0.25) is 0 Å². The average Bonchev–Trinajstić information content (AvgIpc) is 3.31. The average molecular weight is 467 g/mol. The second kappa shape index (κ2) is 9.72. The molecule has 1 aliphatic carbocycles. The summed E-state index contributed by atoms with van der Waals surface area (Å²) in [5.74, 6) is -1.87. The van der Waals surface area contributed by atoms with Gasteiger partial charge in [0.05, 0.1) is 0 Å². The predicted octanol–water partition coefficient (Wildman–Crippen LogP) is 3.75. The molecule has 0 aliphatic heterocycles. The van der Waals surface area contributed by atoms with Crippen LogP contribution in [0.4, 0.5) is 4.39 Å². The summed E-state index contributed by atoms with van der Waals surface area (Å²) in [6.45, 7) is 0.